The molecule has 7 heteroatoms. The first-order valence-corrected chi connectivity index (χ1v) is 6.20. The number of hydrogen-bond donors (Lipinski definition) is 1. The zero-order valence-electron chi connectivity index (χ0n) is 10.3. The van der Waals surface area contributed by atoms with E-state index >= 15 is 0 Å². The Labute approximate surface area is 112 Å². The molecule has 0 radical (unpaired) electrons. The van der Waals surface area contributed by atoms with Gasteiger partial charge in [0.05, 0.1) is 11.1 Å². The first-order valence-electron chi connectivity index (χ1n) is 6.20. The molecule has 2 N–H and O–H groups in total. The third-order valence-corrected chi connectivity index (χ3v) is 4.07. The maximum Gasteiger partial charge on any atom is 0.416 e. The summed E-state index contributed by atoms with van der Waals surface area (Å²) in [7, 11) is 0. The third-order valence-electron chi connectivity index (χ3n) is 4.07. The van der Waals surface area contributed by atoms with Crippen molar-refractivity contribution < 1.29 is 22.4 Å². The minimum atomic E-state index is -4.60. The Morgan fingerprint density at radius 2 is 1.85 bits per heavy atom. The zero-order valence-corrected chi connectivity index (χ0v) is 10.3. The monoisotopic (exact) mass is 288 g/mol. The fraction of sp³-hybridized carbons (Fsp3) is 0.462. The van der Waals surface area contributed by atoms with Gasteiger partial charge < -0.3 is 10.6 Å². The molecule has 1 aromatic carbocycles. The number of halogens is 4. The van der Waals surface area contributed by atoms with Crippen molar-refractivity contribution in [2.45, 2.75) is 12.2 Å². The van der Waals surface area contributed by atoms with E-state index in [1.54, 1.807) is 0 Å². The topological polar surface area (TPSA) is 46.3 Å². The summed E-state index contributed by atoms with van der Waals surface area (Å²) < 4.78 is 51.4. The van der Waals surface area contributed by atoms with E-state index in [0.717, 1.165) is 0 Å². The number of amides is 1. The molecule has 1 heterocycles. The fourth-order valence-corrected chi connectivity index (χ4v) is 2.77. The molecular formula is C13H12F4N2O. The summed E-state index contributed by atoms with van der Waals surface area (Å²) in [4.78, 5) is 13.5. The van der Waals surface area contributed by atoms with Gasteiger partial charge in [0.25, 0.3) is 5.91 Å². The van der Waals surface area contributed by atoms with Crippen LogP contribution in [0, 0.1) is 17.7 Å². The number of benzene rings is 1. The Kier molecular flexibility index (Phi) is 2.79. The van der Waals surface area contributed by atoms with Crippen molar-refractivity contribution in [1.82, 2.24) is 4.90 Å². The Bertz CT molecular complexity index is 560. The van der Waals surface area contributed by atoms with E-state index in [1.165, 1.54) is 4.90 Å². The smallest absolute Gasteiger partial charge is 0.338 e. The van der Waals surface area contributed by atoms with Crippen LogP contribution in [-0.4, -0.2) is 29.9 Å². The summed E-state index contributed by atoms with van der Waals surface area (Å²) in [5.41, 5.74) is 4.17. The SMILES string of the molecule is NC1C2CN(C(=O)c3cc(C(F)(F)F)ccc3F)CC12. The molecule has 1 saturated carbocycles. The van der Waals surface area contributed by atoms with Crippen molar-refractivity contribution in [2.75, 3.05) is 13.1 Å². The number of rotatable bonds is 1. The Balaban J connectivity index is 1.84. The Morgan fingerprint density at radius 1 is 1.25 bits per heavy atom. The molecule has 20 heavy (non-hydrogen) atoms. The van der Waals surface area contributed by atoms with Crippen LogP contribution >= 0.6 is 0 Å². The highest BCUT2D eigenvalue weighted by Gasteiger charge is 2.54. The quantitative estimate of drug-likeness (QED) is 0.802. The molecule has 0 bridgehead atoms. The number of likely N-dealkylation sites (tertiary alicyclic amines) is 1. The molecule has 1 aromatic rings. The van der Waals surface area contributed by atoms with Crippen LogP contribution in [0.1, 0.15) is 15.9 Å². The highest BCUT2D eigenvalue weighted by atomic mass is 19.4. The molecule has 3 rings (SSSR count). The van der Waals surface area contributed by atoms with E-state index in [2.05, 4.69) is 0 Å². The summed E-state index contributed by atoms with van der Waals surface area (Å²) in [6.07, 6.45) is -4.60. The maximum atomic E-state index is 13.6. The van der Waals surface area contributed by atoms with Crippen molar-refractivity contribution in [2.24, 2.45) is 17.6 Å². The average Bonchev–Trinajstić information content (AvgIpc) is 2.81. The van der Waals surface area contributed by atoms with E-state index in [1.807, 2.05) is 0 Å². The largest absolute Gasteiger partial charge is 0.416 e. The van der Waals surface area contributed by atoms with E-state index < -0.39 is 29.0 Å². The van der Waals surface area contributed by atoms with Crippen LogP contribution in [0.15, 0.2) is 18.2 Å². The second-order valence-electron chi connectivity index (χ2n) is 5.31. The molecule has 2 unspecified atom stereocenters. The fourth-order valence-electron chi connectivity index (χ4n) is 2.77. The van der Waals surface area contributed by atoms with Gasteiger partial charge in [-0.2, -0.15) is 13.2 Å². The second kappa shape index (κ2) is 4.18. The van der Waals surface area contributed by atoms with Crippen molar-refractivity contribution in [3.05, 3.63) is 35.1 Å². The predicted octanol–water partition coefficient (Wildman–Crippen LogP) is 1.87. The summed E-state index contributed by atoms with van der Waals surface area (Å²) in [6.45, 7) is 0.778. The van der Waals surface area contributed by atoms with Gasteiger partial charge in [-0.1, -0.05) is 0 Å². The van der Waals surface area contributed by atoms with Crippen LogP contribution in [0.2, 0.25) is 0 Å². The summed E-state index contributed by atoms with van der Waals surface area (Å²) in [6, 6.07) is 1.94. The van der Waals surface area contributed by atoms with Crippen molar-refractivity contribution in [3.8, 4) is 0 Å². The van der Waals surface area contributed by atoms with Crippen LogP contribution in [0.3, 0.4) is 0 Å². The van der Waals surface area contributed by atoms with Crippen LogP contribution in [0.25, 0.3) is 0 Å². The van der Waals surface area contributed by atoms with Gasteiger partial charge in [0.2, 0.25) is 0 Å². The number of nitrogens with two attached hydrogens (primary N) is 1. The van der Waals surface area contributed by atoms with E-state index in [4.69, 9.17) is 5.73 Å². The van der Waals surface area contributed by atoms with E-state index in [9.17, 15) is 22.4 Å². The van der Waals surface area contributed by atoms with E-state index in [0.29, 0.717) is 31.3 Å². The molecule has 2 atom stereocenters. The van der Waals surface area contributed by atoms with Gasteiger partial charge in [0.1, 0.15) is 5.82 Å². The molecule has 1 aliphatic heterocycles. The number of carbonyl (C=O) groups excluding carboxylic acids is 1. The van der Waals surface area contributed by atoms with Crippen molar-refractivity contribution >= 4 is 5.91 Å². The number of hydrogen-bond acceptors (Lipinski definition) is 2. The van der Waals surface area contributed by atoms with Crippen LogP contribution in [0.5, 0.6) is 0 Å². The van der Waals surface area contributed by atoms with Gasteiger partial charge in [-0.25, -0.2) is 4.39 Å². The number of piperidine rings is 1. The average molecular weight is 288 g/mol. The summed E-state index contributed by atoms with van der Waals surface area (Å²) in [5, 5.41) is 0. The van der Waals surface area contributed by atoms with Crippen LogP contribution in [-0.2, 0) is 6.18 Å². The standard InChI is InChI=1S/C13H12F4N2O/c14-10-2-1-6(13(15,16)17)3-7(10)12(20)19-4-8-9(5-19)11(8)18/h1-3,8-9,11H,4-5,18H2. The summed E-state index contributed by atoms with van der Waals surface area (Å²) in [5.74, 6) is -1.23. The Morgan fingerprint density at radius 3 is 2.40 bits per heavy atom. The van der Waals surface area contributed by atoms with Gasteiger partial charge in [-0.3, -0.25) is 4.79 Å². The van der Waals surface area contributed by atoms with Gasteiger partial charge in [-0.15, -0.1) is 0 Å². The molecule has 1 aliphatic carbocycles. The number of nitrogens with zero attached hydrogens (tertiary/aromatic N) is 1. The van der Waals surface area contributed by atoms with Crippen molar-refractivity contribution in [1.29, 1.82) is 0 Å². The lowest BCUT2D eigenvalue weighted by Gasteiger charge is -2.20. The van der Waals surface area contributed by atoms with Gasteiger partial charge in [0, 0.05) is 19.1 Å². The minimum Gasteiger partial charge on any atom is -0.338 e. The van der Waals surface area contributed by atoms with E-state index in [-0.39, 0.29) is 17.9 Å². The highest BCUT2D eigenvalue weighted by Crippen LogP contribution is 2.44. The minimum absolute atomic E-state index is 0.0606. The molecule has 0 spiro atoms. The second-order valence-corrected chi connectivity index (χ2v) is 5.31. The normalized spacial score (nSPS) is 28.4. The zero-order chi connectivity index (χ0) is 14.7. The lowest BCUT2D eigenvalue weighted by atomic mass is 10.1. The number of carbonyl (C=O) groups is 1. The molecule has 3 nitrogen and oxygen atoms in total. The molecular weight excluding hydrogens is 276 g/mol. The first-order chi connectivity index (χ1) is 9.29. The number of fused-ring (bicyclic) bond motifs is 1. The van der Waals surface area contributed by atoms with Crippen LogP contribution in [0.4, 0.5) is 17.6 Å². The molecule has 1 saturated heterocycles. The lowest BCUT2D eigenvalue weighted by molar-refractivity contribution is -0.137. The molecule has 108 valence electrons. The Hall–Kier alpha value is -1.63. The molecule has 2 aliphatic rings. The van der Waals surface area contributed by atoms with Gasteiger partial charge in [0.15, 0.2) is 0 Å². The predicted molar refractivity (Wildman–Crippen MR) is 62.3 cm³/mol. The van der Waals surface area contributed by atoms with Gasteiger partial charge >= 0.3 is 6.18 Å². The molecule has 1 amide bonds. The first kappa shape index (κ1) is 13.4. The van der Waals surface area contributed by atoms with Crippen molar-refractivity contribution in [3.63, 3.8) is 0 Å². The van der Waals surface area contributed by atoms with Crippen LogP contribution < -0.4 is 5.73 Å². The summed E-state index contributed by atoms with van der Waals surface area (Å²) >= 11 is 0. The lowest BCUT2D eigenvalue weighted by Crippen LogP contribution is -2.34. The van der Waals surface area contributed by atoms with Gasteiger partial charge in [-0.05, 0) is 30.0 Å². The molecule has 2 fully saturated rings. The molecule has 0 aromatic heterocycles. The third kappa shape index (κ3) is 2.06. The number of alkyl halides is 3. The highest BCUT2D eigenvalue weighted by molar-refractivity contribution is 5.95. The maximum absolute atomic E-state index is 13.6.